The highest BCUT2D eigenvalue weighted by Crippen LogP contribution is 2.32. The molecular formula is C19H14BrNO3. The van der Waals surface area contributed by atoms with Crippen molar-refractivity contribution in [1.29, 1.82) is 0 Å². The van der Waals surface area contributed by atoms with Gasteiger partial charge in [0.15, 0.2) is 5.43 Å². The van der Waals surface area contributed by atoms with Crippen molar-refractivity contribution in [1.82, 2.24) is 5.32 Å². The van der Waals surface area contributed by atoms with Crippen LogP contribution in [-0.2, 0) is 0 Å². The van der Waals surface area contributed by atoms with E-state index in [2.05, 4.69) is 21.2 Å². The van der Waals surface area contributed by atoms with Gasteiger partial charge in [-0.3, -0.25) is 9.59 Å². The summed E-state index contributed by atoms with van der Waals surface area (Å²) in [6.07, 6.45) is 0. The Morgan fingerprint density at radius 1 is 1.08 bits per heavy atom. The summed E-state index contributed by atoms with van der Waals surface area (Å²) in [5.41, 5.74) is 3.56. The van der Waals surface area contributed by atoms with Gasteiger partial charge in [-0.15, -0.1) is 0 Å². The monoisotopic (exact) mass is 383 g/mol. The predicted molar refractivity (Wildman–Crippen MR) is 95.4 cm³/mol. The molecule has 0 bridgehead atoms. The summed E-state index contributed by atoms with van der Waals surface area (Å²) in [7, 11) is 0. The van der Waals surface area contributed by atoms with E-state index in [-0.39, 0.29) is 17.1 Å². The Labute approximate surface area is 146 Å². The van der Waals surface area contributed by atoms with E-state index in [1.165, 1.54) is 0 Å². The maximum Gasteiger partial charge on any atom is 0.288 e. The van der Waals surface area contributed by atoms with Gasteiger partial charge in [0.05, 0.1) is 17.0 Å². The van der Waals surface area contributed by atoms with Gasteiger partial charge in [-0.1, -0.05) is 28.1 Å². The molecule has 4 nitrogen and oxygen atoms in total. The Hall–Kier alpha value is -2.40. The van der Waals surface area contributed by atoms with E-state index in [0.717, 1.165) is 21.2 Å². The quantitative estimate of drug-likeness (QED) is 0.690. The van der Waals surface area contributed by atoms with Crippen molar-refractivity contribution >= 4 is 32.8 Å². The van der Waals surface area contributed by atoms with Gasteiger partial charge in [0.1, 0.15) is 5.58 Å². The van der Waals surface area contributed by atoms with Gasteiger partial charge in [-0.05, 0) is 54.8 Å². The summed E-state index contributed by atoms with van der Waals surface area (Å²) >= 11 is 3.43. The molecule has 0 aliphatic carbocycles. The zero-order chi connectivity index (χ0) is 17.0. The second kappa shape index (κ2) is 5.31. The van der Waals surface area contributed by atoms with Gasteiger partial charge in [0, 0.05) is 4.47 Å². The number of hydrogen-bond acceptors (Lipinski definition) is 3. The van der Waals surface area contributed by atoms with Gasteiger partial charge >= 0.3 is 0 Å². The van der Waals surface area contributed by atoms with Crippen molar-refractivity contribution in [3.05, 3.63) is 79.1 Å². The van der Waals surface area contributed by atoms with Crippen LogP contribution in [0.2, 0.25) is 0 Å². The molecule has 0 saturated heterocycles. The Morgan fingerprint density at radius 3 is 2.58 bits per heavy atom. The molecule has 0 spiro atoms. The van der Waals surface area contributed by atoms with Gasteiger partial charge in [0.25, 0.3) is 5.91 Å². The minimum Gasteiger partial charge on any atom is -0.450 e. The summed E-state index contributed by atoms with van der Waals surface area (Å²) in [4.78, 5) is 25.4. The van der Waals surface area contributed by atoms with Crippen LogP contribution in [0, 0.1) is 13.8 Å². The highest BCUT2D eigenvalue weighted by Gasteiger charge is 2.36. The standard InChI is InChI=1S/C19H14BrNO3/c1-9-6-13-14(7-10(9)2)24-18-15(17(13)22)16(21-19(18)23)11-4-3-5-12(20)8-11/h3-8,16H,1-2H3,(H,21,23). The van der Waals surface area contributed by atoms with Crippen LogP contribution in [0.1, 0.15) is 38.9 Å². The minimum atomic E-state index is -0.493. The summed E-state index contributed by atoms with van der Waals surface area (Å²) in [6, 6.07) is 10.7. The Bertz CT molecular complexity index is 1070. The molecule has 5 heteroatoms. The average molecular weight is 384 g/mol. The van der Waals surface area contributed by atoms with Crippen molar-refractivity contribution in [2.75, 3.05) is 0 Å². The summed E-state index contributed by atoms with van der Waals surface area (Å²) in [5, 5.41) is 3.36. The zero-order valence-corrected chi connectivity index (χ0v) is 14.7. The minimum absolute atomic E-state index is 0.112. The average Bonchev–Trinajstić information content (AvgIpc) is 2.87. The molecule has 24 heavy (non-hydrogen) atoms. The van der Waals surface area contributed by atoms with E-state index < -0.39 is 6.04 Å². The molecule has 2 heterocycles. The first-order valence-corrected chi connectivity index (χ1v) is 8.39. The Balaban J connectivity index is 2.02. The SMILES string of the molecule is Cc1cc2oc3c(c(=O)c2cc1C)C(c1cccc(Br)c1)NC3=O. The van der Waals surface area contributed by atoms with Crippen LogP contribution in [0.25, 0.3) is 11.0 Å². The first-order valence-electron chi connectivity index (χ1n) is 7.60. The highest BCUT2D eigenvalue weighted by molar-refractivity contribution is 9.10. The molecule has 0 saturated carbocycles. The fourth-order valence-corrected chi connectivity index (χ4v) is 3.52. The van der Waals surface area contributed by atoms with Crippen LogP contribution in [0.3, 0.4) is 0 Å². The molecule has 2 aromatic carbocycles. The number of nitrogens with one attached hydrogen (secondary N) is 1. The van der Waals surface area contributed by atoms with Crippen molar-refractivity contribution in [2.45, 2.75) is 19.9 Å². The number of aryl methyl sites for hydroxylation is 2. The molecular weight excluding hydrogens is 370 g/mol. The smallest absolute Gasteiger partial charge is 0.288 e. The van der Waals surface area contributed by atoms with Crippen LogP contribution >= 0.6 is 15.9 Å². The van der Waals surface area contributed by atoms with E-state index in [1.807, 2.05) is 50.2 Å². The second-order valence-electron chi connectivity index (χ2n) is 6.07. The van der Waals surface area contributed by atoms with Crippen molar-refractivity contribution in [2.24, 2.45) is 0 Å². The van der Waals surface area contributed by atoms with Crippen molar-refractivity contribution < 1.29 is 9.21 Å². The lowest BCUT2D eigenvalue weighted by Gasteiger charge is -2.12. The number of hydrogen-bond donors (Lipinski definition) is 1. The summed E-state index contributed by atoms with van der Waals surface area (Å²) in [5.74, 6) is -0.243. The number of carbonyl (C=O) groups excluding carboxylic acids is 1. The van der Waals surface area contributed by atoms with Crippen LogP contribution in [-0.4, -0.2) is 5.91 Å². The highest BCUT2D eigenvalue weighted by atomic mass is 79.9. The molecule has 0 fully saturated rings. The summed E-state index contributed by atoms with van der Waals surface area (Å²) < 4.78 is 6.68. The van der Waals surface area contributed by atoms with E-state index in [4.69, 9.17) is 4.42 Å². The fourth-order valence-electron chi connectivity index (χ4n) is 3.10. The molecule has 1 aromatic heterocycles. The van der Waals surface area contributed by atoms with Gasteiger partial charge < -0.3 is 9.73 Å². The van der Waals surface area contributed by atoms with E-state index in [0.29, 0.717) is 16.5 Å². The normalized spacial score (nSPS) is 16.3. The number of rotatable bonds is 1. The summed E-state index contributed by atoms with van der Waals surface area (Å²) in [6.45, 7) is 3.91. The van der Waals surface area contributed by atoms with E-state index in [9.17, 15) is 9.59 Å². The molecule has 4 rings (SSSR count). The van der Waals surface area contributed by atoms with Gasteiger partial charge in [-0.25, -0.2) is 0 Å². The number of fused-ring (bicyclic) bond motifs is 2. The maximum absolute atomic E-state index is 13.0. The van der Waals surface area contributed by atoms with Crippen molar-refractivity contribution in [3.63, 3.8) is 0 Å². The number of amides is 1. The van der Waals surface area contributed by atoms with Crippen LogP contribution in [0.4, 0.5) is 0 Å². The molecule has 1 unspecified atom stereocenters. The van der Waals surface area contributed by atoms with Crippen LogP contribution < -0.4 is 10.7 Å². The number of halogens is 1. The Kier molecular flexibility index (Phi) is 3.35. The van der Waals surface area contributed by atoms with Crippen molar-refractivity contribution in [3.8, 4) is 0 Å². The molecule has 3 aromatic rings. The third-order valence-electron chi connectivity index (χ3n) is 4.49. The van der Waals surface area contributed by atoms with Gasteiger partial charge in [0.2, 0.25) is 5.76 Å². The molecule has 1 atom stereocenters. The fraction of sp³-hybridized carbons (Fsp3) is 0.158. The van der Waals surface area contributed by atoms with Gasteiger partial charge in [-0.2, -0.15) is 0 Å². The predicted octanol–water partition coefficient (Wildman–Crippen LogP) is 4.01. The molecule has 1 N–H and O–H groups in total. The topological polar surface area (TPSA) is 59.3 Å². The third kappa shape index (κ3) is 2.19. The Morgan fingerprint density at radius 2 is 1.83 bits per heavy atom. The first kappa shape index (κ1) is 15.1. The third-order valence-corrected chi connectivity index (χ3v) is 4.99. The van der Waals surface area contributed by atoms with Crippen LogP contribution in [0.15, 0.2) is 50.1 Å². The number of benzene rings is 2. The lowest BCUT2D eigenvalue weighted by atomic mass is 9.98. The number of carbonyl (C=O) groups is 1. The molecule has 1 aliphatic heterocycles. The molecule has 1 aliphatic rings. The lowest BCUT2D eigenvalue weighted by Crippen LogP contribution is -2.21. The molecule has 120 valence electrons. The largest absolute Gasteiger partial charge is 0.450 e. The second-order valence-corrected chi connectivity index (χ2v) is 6.98. The van der Waals surface area contributed by atoms with E-state index in [1.54, 1.807) is 0 Å². The molecule has 1 amide bonds. The van der Waals surface area contributed by atoms with Crippen LogP contribution in [0.5, 0.6) is 0 Å². The molecule has 0 radical (unpaired) electrons. The maximum atomic E-state index is 13.0. The van der Waals surface area contributed by atoms with E-state index >= 15 is 0 Å². The first-order chi connectivity index (χ1) is 11.5. The lowest BCUT2D eigenvalue weighted by molar-refractivity contribution is 0.0938. The zero-order valence-electron chi connectivity index (χ0n) is 13.1.